The second-order valence-corrected chi connectivity index (χ2v) is 11.7. The second kappa shape index (κ2) is 10.6. The van der Waals surface area contributed by atoms with Gasteiger partial charge in [-0.3, -0.25) is 13.9 Å². The largest absolute Gasteiger partial charge is 0.356 e. The van der Waals surface area contributed by atoms with Crippen LogP contribution in [0.5, 0.6) is 0 Å². The predicted octanol–water partition coefficient (Wildman–Crippen LogP) is 3.71. The van der Waals surface area contributed by atoms with Crippen molar-refractivity contribution < 1.29 is 18.0 Å². The first-order valence-electron chi connectivity index (χ1n) is 11.9. The van der Waals surface area contributed by atoms with Crippen LogP contribution < -0.4 is 14.9 Å². The minimum atomic E-state index is -3.62. The van der Waals surface area contributed by atoms with Gasteiger partial charge >= 0.3 is 0 Å². The first kappa shape index (κ1) is 26.2. The maximum Gasteiger partial charge on any atom is 0.270 e. The second-order valence-electron chi connectivity index (χ2n) is 8.91. The number of anilines is 1. The average Bonchev–Trinajstić information content (AvgIpc) is 3.61. The van der Waals surface area contributed by atoms with Gasteiger partial charge in [0.2, 0.25) is 15.9 Å². The molecule has 4 rings (SSSR count). The fourth-order valence-corrected chi connectivity index (χ4v) is 5.56. The summed E-state index contributed by atoms with van der Waals surface area (Å²) in [5.74, 6) is -0.172. The number of hydrogen-bond acceptors (Lipinski definition) is 5. The summed E-state index contributed by atoms with van der Waals surface area (Å²) in [4.78, 5) is 24.9. The lowest BCUT2D eigenvalue weighted by molar-refractivity contribution is -0.121. The number of amides is 2. The molecule has 2 aromatic carbocycles. The average molecular weight is 577 g/mol. The zero-order chi connectivity index (χ0) is 26.0. The molecular weight excluding hydrogens is 546 g/mol. The van der Waals surface area contributed by atoms with E-state index in [4.69, 9.17) is 5.10 Å². The molecule has 11 heteroatoms. The molecule has 1 aliphatic carbocycles. The highest BCUT2D eigenvalue weighted by molar-refractivity contribution is 9.10. The van der Waals surface area contributed by atoms with E-state index in [2.05, 4.69) is 26.6 Å². The number of fused-ring (bicyclic) bond motifs is 1. The molecule has 1 fully saturated rings. The summed E-state index contributed by atoms with van der Waals surface area (Å²) in [6.45, 7) is 2.56. The first-order valence-corrected chi connectivity index (χ1v) is 14.6. The molecule has 0 bridgehead atoms. The van der Waals surface area contributed by atoms with E-state index in [9.17, 15) is 18.0 Å². The number of rotatable bonds is 10. The highest BCUT2D eigenvalue weighted by Crippen LogP contribution is 2.46. The van der Waals surface area contributed by atoms with Crippen molar-refractivity contribution in [3.05, 3.63) is 52.1 Å². The number of nitrogens with zero attached hydrogens (tertiary/aromatic N) is 3. The third-order valence-corrected chi connectivity index (χ3v) is 7.87. The smallest absolute Gasteiger partial charge is 0.270 e. The molecule has 192 valence electrons. The van der Waals surface area contributed by atoms with Gasteiger partial charge < -0.3 is 10.6 Å². The Balaban J connectivity index is 1.84. The monoisotopic (exact) mass is 575 g/mol. The van der Waals surface area contributed by atoms with Crippen molar-refractivity contribution in [1.29, 1.82) is 0 Å². The van der Waals surface area contributed by atoms with Crippen LogP contribution in [0.1, 0.15) is 54.6 Å². The minimum Gasteiger partial charge on any atom is -0.356 e. The van der Waals surface area contributed by atoms with Crippen LogP contribution in [0.15, 0.2) is 40.9 Å². The summed E-state index contributed by atoms with van der Waals surface area (Å²) >= 11 is 3.43. The molecular formula is C25H30BrN5O4S. The SMILES string of the molecule is CCNC(=O)CCCN(c1cc2nn(-c3ccc(Br)cc3)c(C(=O)NC)c2cc1C1CC1)S(C)(=O)=O. The predicted molar refractivity (Wildman–Crippen MR) is 144 cm³/mol. The van der Waals surface area contributed by atoms with E-state index in [1.54, 1.807) is 17.8 Å². The summed E-state index contributed by atoms with van der Waals surface area (Å²) in [6, 6.07) is 11.1. The van der Waals surface area contributed by atoms with E-state index in [0.29, 0.717) is 40.9 Å². The molecule has 0 radical (unpaired) electrons. The number of nitrogens with one attached hydrogen (secondary N) is 2. The Morgan fingerprint density at radius 2 is 1.89 bits per heavy atom. The third-order valence-electron chi connectivity index (χ3n) is 6.16. The van der Waals surface area contributed by atoms with Crippen LogP contribution in [-0.2, 0) is 14.8 Å². The number of carbonyl (C=O) groups excluding carboxylic acids is 2. The molecule has 1 heterocycles. The Labute approximate surface area is 219 Å². The molecule has 2 amide bonds. The van der Waals surface area contributed by atoms with Crippen LogP contribution >= 0.6 is 15.9 Å². The molecule has 1 saturated carbocycles. The van der Waals surface area contributed by atoms with Gasteiger partial charge in [-0.15, -0.1) is 0 Å². The Morgan fingerprint density at radius 3 is 2.47 bits per heavy atom. The maximum absolute atomic E-state index is 13.0. The molecule has 0 spiro atoms. The van der Waals surface area contributed by atoms with Gasteiger partial charge in [0.15, 0.2) is 0 Å². The van der Waals surface area contributed by atoms with E-state index in [0.717, 1.165) is 22.9 Å². The Morgan fingerprint density at radius 1 is 1.19 bits per heavy atom. The summed E-state index contributed by atoms with van der Waals surface area (Å²) < 4.78 is 29.6. The van der Waals surface area contributed by atoms with Crippen molar-refractivity contribution >= 4 is 54.4 Å². The summed E-state index contributed by atoms with van der Waals surface area (Å²) in [5.41, 5.74) is 3.07. The van der Waals surface area contributed by atoms with Crippen LogP contribution in [0.3, 0.4) is 0 Å². The summed E-state index contributed by atoms with van der Waals surface area (Å²) in [6.07, 6.45) is 3.70. The quantitative estimate of drug-likeness (QED) is 0.382. The number of aromatic nitrogens is 2. The van der Waals surface area contributed by atoms with E-state index in [1.165, 1.54) is 10.6 Å². The van der Waals surface area contributed by atoms with Gasteiger partial charge in [0.25, 0.3) is 5.91 Å². The minimum absolute atomic E-state index is 0.104. The Hall–Kier alpha value is -2.92. The molecule has 1 aromatic heterocycles. The van der Waals surface area contributed by atoms with E-state index >= 15 is 0 Å². The van der Waals surface area contributed by atoms with Crippen LogP contribution in [-0.4, -0.2) is 56.4 Å². The lowest BCUT2D eigenvalue weighted by Gasteiger charge is -2.25. The highest BCUT2D eigenvalue weighted by atomic mass is 79.9. The molecule has 3 aromatic rings. The van der Waals surface area contributed by atoms with Crippen molar-refractivity contribution in [1.82, 2.24) is 20.4 Å². The summed E-state index contributed by atoms with van der Waals surface area (Å²) in [7, 11) is -2.05. The number of sulfonamides is 1. The van der Waals surface area contributed by atoms with Gasteiger partial charge in [-0.25, -0.2) is 13.1 Å². The highest BCUT2D eigenvalue weighted by Gasteiger charge is 2.32. The fourth-order valence-electron chi connectivity index (χ4n) is 4.32. The van der Waals surface area contributed by atoms with Crippen LogP contribution in [0.4, 0.5) is 5.69 Å². The molecule has 1 aliphatic rings. The topological polar surface area (TPSA) is 113 Å². The Bertz CT molecular complexity index is 1400. The lowest BCUT2D eigenvalue weighted by Crippen LogP contribution is -2.33. The van der Waals surface area contributed by atoms with E-state index < -0.39 is 10.0 Å². The molecule has 36 heavy (non-hydrogen) atoms. The van der Waals surface area contributed by atoms with Crippen molar-refractivity contribution in [2.75, 3.05) is 30.7 Å². The molecule has 0 atom stereocenters. The lowest BCUT2D eigenvalue weighted by atomic mass is 10.0. The normalized spacial score (nSPS) is 13.6. The molecule has 0 saturated heterocycles. The van der Waals surface area contributed by atoms with Crippen molar-refractivity contribution in [3.8, 4) is 5.69 Å². The third kappa shape index (κ3) is 5.57. The van der Waals surface area contributed by atoms with Crippen molar-refractivity contribution in [2.45, 2.75) is 38.5 Å². The van der Waals surface area contributed by atoms with E-state index in [-0.39, 0.29) is 30.7 Å². The van der Waals surface area contributed by atoms with Gasteiger partial charge in [-0.05, 0) is 74.1 Å². The Kier molecular flexibility index (Phi) is 7.70. The molecule has 2 N–H and O–H groups in total. The van der Waals surface area contributed by atoms with Crippen LogP contribution in [0, 0.1) is 0 Å². The van der Waals surface area contributed by atoms with Gasteiger partial charge in [-0.1, -0.05) is 15.9 Å². The molecule has 9 nitrogen and oxygen atoms in total. The number of halogens is 1. The summed E-state index contributed by atoms with van der Waals surface area (Å²) in [5, 5.41) is 10.8. The van der Waals surface area contributed by atoms with E-state index in [1.807, 2.05) is 37.3 Å². The number of carbonyl (C=O) groups is 2. The molecule has 0 aliphatic heterocycles. The zero-order valence-corrected chi connectivity index (χ0v) is 22.9. The van der Waals surface area contributed by atoms with Crippen LogP contribution in [0.2, 0.25) is 0 Å². The standard InChI is InChI=1S/C25H30BrN5O4S/c1-4-28-23(32)6-5-13-30(36(3,34)35)22-15-21-20(14-19(22)16-7-8-16)24(25(33)27-2)31(29-21)18-11-9-17(26)10-12-18/h9-12,14-16H,4-8,13H2,1-3H3,(H,27,33)(H,28,32). The number of benzene rings is 2. The van der Waals surface area contributed by atoms with Crippen molar-refractivity contribution in [2.24, 2.45) is 0 Å². The van der Waals surface area contributed by atoms with Gasteiger partial charge in [0.1, 0.15) is 5.69 Å². The first-order chi connectivity index (χ1) is 17.1. The van der Waals surface area contributed by atoms with Gasteiger partial charge in [0, 0.05) is 36.4 Å². The van der Waals surface area contributed by atoms with Gasteiger partial charge in [-0.2, -0.15) is 5.10 Å². The number of hydrogen-bond donors (Lipinski definition) is 2. The zero-order valence-electron chi connectivity index (χ0n) is 20.5. The van der Waals surface area contributed by atoms with Gasteiger partial charge in [0.05, 0.1) is 23.1 Å². The fraction of sp³-hybridized carbons (Fsp3) is 0.400. The van der Waals surface area contributed by atoms with Crippen LogP contribution in [0.25, 0.3) is 16.6 Å². The molecule has 0 unspecified atom stereocenters. The maximum atomic E-state index is 13.0. The van der Waals surface area contributed by atoms with Crippen molar-refractivity contribution in [3.63, 3.8) is 0 Å².